The molecule has 2 nitrogen and oxygen atoms in total. The molecule has 0 unspecified atom stereocenters. The van der Waals surface area contributed by atoms with Crippen LogP contribution in [0.25, 0.3) is 5.52 Å². The SMILES string of the molecule is CSSc1c(C)c(SSC)n2ccncc12. The van der Waals surface area contributed by atoms with Crippen molar-refractivity contribution in [2.45, 2.75) is 16.8 Å². The van der Waals surface area contributed by atoms with Crippen LogP contribution in [0.4, 0.5) is 0 Å². The minimum Gasteiger partial charge on any atom is -0.307 e. The lowest BCUT2D eigenvalue weighted by Gasteiger charge is -1.99. The molecule has 0 saturated carbocycles. The standard InChI is InChI=1S/C10H12N2S4/c1-7-9(15-13-2)8-6-11-4-5-12(8)10(7)16-14-3/h4-6H,1-3H3. The van der Waals surface area contributed by atoms with E-state index in [4.69, 9.17) is 0 Å². The molecular weight excluding hydrogens is 276 g/mol. The van der Waals surface area contributed by atoms with E-state index < -0.39 is 0 Å². The first-order valence-electron chi connectivity index (χ1n) is 4.65. The van der Waals surface area contributed by atoms with E-state index in [2.05, 4.69) is 28.8 Å². The lowest BCUT2D eigenvalue weighted by atomic mass is 10.4. The highest BCUT2D eigenvalue weighted by Crippen LogP contribution is 2.42. The lowest BCUT2D eigenvalue weighted by Crippen LogP contribution is -1.85. The molecule has 0 spiro atoms. The molecular formula is C10H12N2S4. The monoisotopic (exact) mass is 288 g/mol. The normalized spacial score (nSPS) is 11.2. The summed E-state index contributed by atoms with van der Waals surface area (Å²) in [6, 6.07) is 0. The van der Waals surface area contributed by atoms with Crippen molar-refractivity contribution in [3.05, 3.63) is 24.2 Å². The van der Waals surface area contributed by atoms with Gasteiger partial charge < -0.3 is 4.40 Å². The maximum Gasteiger partial charge on any atom is 0.0944 e. The van der Waals surface area contributed by atoms with Crippen LogP contribution in [-0.2, 0) is 0 Å². The third kappa shape index (κ3) is 2.20. The van der Waals surface area contributed by atoms with Gasteiger partial charge in [0.15, 0.2) is 0 Å². The number of rotatable bonds is 4. The second kappa shape index (κ2) is 5.62. The van der Waals surface area contributed by atoms with Crippen molar-refractivity contribution in [1.29, 1.82) is 0 Å². The van der Waals surface area contributed by atoms with Crippen LogP contribution in [0, 0.1) is 6.92 Å². The molecule has 0 aliphatic rings. The highest BCUT2D eigenvalue weighted by atomic mass is 33.1. The van der Waals surface area contributed by atoms with Crippen molar-refractivity contribution in [2.24, 2.45) is 0 Å². The van der Waals surface area contributed by atoms with Crippen molar-refractivity contribution >= 4 is 48.7 Å². The molecule has 2 heterocycles. The van der Waals surface area contributed by atoms with Gasteiger partial charge in [0.25, 0.3) is 0 Å². The summed E-state index contributed by atoms with van der Waals surface area (Å²) < 4.78 is 2.22. The summed E-state index contributed by atoms with van der Waals surface area (Å²) in [5.74, 6) is 0. The molecule has 0 saturated heterocycles. The fourth-order valence-corrected chi connectivity index (χ4v) is 5.08. The van der Waals surface area contributed by atoms with Crippen LogP contribution in [0.1, 0.15) is 5.56 Å². The van der Waals surface area contributed by atoms with Crippen LogP contribution in [0.15, 0.2) is 28.5 Å². The van der Waals surface area contributed by atoms with Gasteiger partial charge in [0.05, 0.1) is 16.7 Å². The van der Waals surface area contributed by atoms with Gasteiger partial charge in [-0.3, -0.25) is 4.98 Å². The maximum absolute atomic E-state index is 4.21. The Labute approximate surface area is 111 Å². The summed E-state index contributed by atoms with van der Waals surface area (Å²) in [7, 11) is 7.17. The van der Waals surface area contributed by atoms with E-state index in [1.165, 1.54) is 21.0 Å². The quantitative estimate of drug-likeness (QED) is 0.774. The minimum absolute atomic E-state index is 1.20. The Morgan fingerprint density at radius 3 is 2.62 bits per heavy atom. The van der Waals surface area contributed by atoms with E-state index in [1.807, 2.05) is 40.2 Å². The first-order chi connectivity index (χ1) is 7.79. The Balaban J connectivity index is 2.64. The predicted molar refractivity (Wildman–Crippen MR) is 78.7 cm³/mol. The molecule has 0 fully saturated rings. The fraction of sp³-hybridized carbons (Fsp3) is 0.300. The smallest absolute Gasteiger partial charge is 0.0944 e. The highest BCUT2D eigenvalue weighted by molar-refractivity contribution is 8.77. The topological polar surface area (TPSA) is 17.3 Å². The number of hydrogen-bond donors (Lipinski definition) is 0. The summed E-state index contributed by atoms with van der Waals surface area (Å²) in [6.07, 6.45) is 10.0. The van der Waals surface area contributed by atoms with Crippen LogP contribution in [0.5, 0.6) is 0 Å². The van der Waals surface area contributed by atoms with Crippen molar-refractivity contribution in [2.75, 3.05) is 12.5 Å². The van der Waals surface area contributed by atoms with E-state index in [0.717, 1.165) is 0 Å². The molecule has 0 atom stereocenters. The summed E-state index contributed by atoms with van der Waals surface area (Å²) in [4.78, 5) is 5.54. The van der Waals surface area contributed by atoms with Crippen molar-refractivity contribution in [3.8, 4) is 0 Å². The Hall–Kier alpha value is 0.0900. The van der Waals surface area contributed by atoms with E-state index in [-0.39, 0.29) is 0 Å². The van der Waals surface area contributed by atoms with Crippen LogP contribution in [-0.4, -0.2) is 21.9 Å². The molecule has 0 bridgehead atoms. The van der Waals surface area contributed by atoms with Crippen LogP contribution < -0.4 is 0 Å². The van der Waals surface area contributed by atoms with Gasteiger partial charge in [0, 0.05) is 17.3 Å². The van der Waals surface area contributed by atoms with Gasteiger partial charge in [-0.15, -0.1) is 0 Å². The Morgan fingerprint density at radius 2 is 1.94 bits per heavy atom. The molecule has 0 aliphatic heterocycles. The summed E-state index contributed by atoms with van der Waals surface area (Å²) in [6.45, 7) is 2.18. The molecule has 2 aromatic heterocycles. The zero-order valence-corrected chi connectivity index (χ0v) is 12.5. The number of nitrogens with zero attached hydrogens (tertiary/aromatic N) is 2. The molecule has 0 amide bonds. The second-order valence-electron chi connectivity index (χ2n) is 3.09. The van der Waals surface area contributed by atoms with Gasteiger partial charge in [-0.1, -0.05) is 32.4 Å². The molecule has 2 aromatic rings. The third-order valence-electron chi connectivity index (χ3n) is 2.20. The first kappa shape index (κ1) is 12.5. The molecule has 0 N–H and O–H groups in total. The Kier molecular flexibility index (Phi) is 4.41. The van der Waals surface area contributed by atoms with Gasteiger partial charge in [0.1, 0.15) is 0 Å². The van der Waals surface area contributed by atoms with Gasteiger partial charge in [-0.2, -0.15) is 0 Å². The van der Waals surface area contributed by atoms with Gasteiger partial charge >= 0.3 is 0 Å². The van der Waals surface area contributed by atoms with E-state index >= 15 is 0 Å². The van der Waals surface area contributed by atoms with E-state index in [9.17, 15) is 0 Å². The van der Waals surface area contributed by atoms with Crippen LogP contribution in [0.2, 0.25) is 0 Å². The lowest BCUT2D eigenvalue weighted by molar-refractivity contribution is 1.01. The Morgan fingerprint density at radius 1 is 1.19 bits per heavy atom. The molecule has 0 aliphatic carbocycles. The molecule has 86 valence electrons. The maximum atomic E-state index is 4.21. The van der Waals surface area contributed by atoms with Gasteiger partial charge in [0.2, 0.25) is 0 Å². The summed E-state index contributed by atoms with van der Waals surface area (Å²) in [5, 5.41) is 1.31. The Bertz CT molecular complexity index is 452. The number of hydrogen-bond acceptors (Lipinski definition) is 5. The van der Waals surface area contributed by atoms with E-state index in [1.54, 1.807) is 21.6 Å². The molecule has 16 heavy (non-hydrogen) atoms. The highest BCUT2D eigenvalue weighted by Gasteiger charge is 2.15. The fourth-order valence-electron chi connectivity index (χ4n) is 1.55. The summed E-state index contributed by atoms with van der Waals surface area (Å²) >= 11 is 0. The zero-order chi connectivity index (χ0) is 11.5. The molecule has 0 radical (unpaired) electrons. The average Bonchev–Trinajstić information content (AvgIpc) is 2.56. The molecule has 6 heteroatoms. The number of aromatic nitrogens is 2. The predicted octanol–water partition coefficient (Wildman–Crippen LogP) is 4.38. The van der Waals surface area contributed by atoms with Crippen LogP contribution in [0.3, 0.4) is 0 Å². The van der Waals surface area contributed by atoms with Crippen molar-refractivity contribution < 1.29 is 0 Å². The van der Waals surface area contributed by atoms with Crippen molar-refractivity contribution in [1.82, 2.24) is 9.38 Å². The molecule has 2 rings (SSSR count). The average molecular weight is 288 g/mol. The van der Waals surface area contributed by atoms with Crippen molar-refractivity contribution in [3.63, 3.8) is 0 Å². The third-order valence-corrected chi connectivity index (χ3v) is 5.85. The number of fused-ring (bicyclic) bond motifs is 1. The van der Waals surface area contributed by atoms with E-state index in [0.29, 0.717) is 0 Å². The first-order valence-corrected chi connectivity index (χ1v) is 9.77. The van der Waals surface area contributed by atoms with Crippen LogP contribution >= 0.6 is 43.2 Å². The second-order valence-corrected chi connectivity index (χ2v) is 7.89. The van der Waals surface area contributed by atoms with Gasteiger partial charge in [-0.05, 0) is 35.8 Å². The largest absolute Gasteiger partial charge is 0.307 e. The summed E-state index contributed by atoms with van der Waals surface area (Å²) in [5.41, 5.74) is 2.56. The minimum atomic E-state index is 1.20. The molecule has 0 aromatic carbocycles. The van der Waals surface area contributed by atoms with Gasteiger partial charge in [-0.25, -0.2) is 0 Å². The zero-order valence-electron chi connectivity index (χ0n) is 9.26.